The Bertz CT molecular complexity index is 410. The molecule has 21 heavy (non-hydrogen) atoms. The van der Waals surface area contributed by atoms with Crippen LogP contribution in [0, 0.1) is 5.92 Å². The van der Waals surface area contributed by atoms with E-state index in [0.29, 0.717) is 12.1 Å². The second kappa shape index (κ2) is 7.81. The minimum atomic E-state index is 0.442. The number of hydrogen-bond donors (Lipinski definition) is 1. The molecule has 1 aliphatic heterocycles. The van der Waals surface area contributed by atoms with Crippen LogP contribution < -0.4 is 10.1 Å². The van der Waals surface area contributed by atoms with Gasteiger partial charge in [0, 0.05) is 18.6 Å². The first-order valence-electron chi connectivity index (χ1n) is 8.22. The van der Waals surface area contributed by atoms with Crippen LogP contribution in [0.1, 0.15) is 45.2 Å². The Morgan fingerprint density at radius 2 is 1.95 bits per heavy atom. The first-order valence-corrected chi connectivity index (χ1v) is 8.22. The minimum Gasteiger partial charge on any atom is -0.497 e. The molecule has 1 aromatic rings. The molecule has 1 N–H and O–H groups in total. The van der Waals surface area contributed by atoms with Crippen molar-refractivity contribution in [3.8, 4) is 5.75 Å². The SMILES string of the molecule is COc1ccc(C(C)N(CC2CCCNC2)C(C)C)cc1. The maximum absolute atomic E-state index is 5.26. The molecule has 1 aromatic carbocycles. The summed E-state index contributed by atoms with van der Waals surface area (Å²) in [6.45, 7) is 10.5. The van der Waals surface area contributed by atoms with E-state index in [1.807, 2.05) is 0 Å². The molecule has 3 nitrogen and oxygen atoms in total. The van der Waals surface area contributed by atoms with Gasteiger partial charge in [0.05, 0.1) is 7.11 Å². The number of benzene rings is 1. The fourth-order valence-corrected chi connectivity index (χ4v) is 3.27. The smallest absolute Gasteiger partial charge is 0.118 e. The molecule has 0 radical (unpaired) electrons. The summed E-state index contributed by atoms with van der Waals surface area (Å²) in [5.74, 6) is 1.71. The molecular formula is C18H30N2O. The van der Waals surface area contributed by atoms with E-state index in [0.717, 1.165) is 11.7 Å². The van der Waals surface area contributed by atoms with Crippen LogP contribution in [-0.4, -0.2) is 37.7 Å². The number of methoxy groups -OCH3 is 1. The van der Waals surface area contributed by atoms with Crippen molar-refractivity contribution in [1.82, 2.24) is 10.2 Å². The third kappa shape index (κ3) is 4.45. The average molecular weight is 290 g/mol. The summed E-state index contributed by atoms with van der Waals surface area (Å²) in [6.07, 6.45) is 2.67. The van der Waals surface area contributed by atoms with E-state index >= 15 is 0 Å². The van der Waals surface area contributed by atoms with Crippen molar-refractivity contribution in [3.63, 3.8) is 0 Å². The molecule has 2 atom stereocenters. The zero-order valence-electron chi connectivity index (χ0n) is 13.9. The molecule has 0 saturated carbocycles. The van der Waals surface area contributed by atoms with Gasteiger partial charge in [-0.1, -0.05) is 12.1 Å². The van der Waals surface area contributed by atoms with Crippen LogP contribution >= 0.6 is 0 Å². The molecule has 0 spiro atoms. The Hall–Kier alpha value is -1.06. The molecule has 1 aliphatic rings. The van der Waals surface area contributed by atoms with E-state index in [1.54, 1.807) is 7.11 Å². The lowest BCUT2D eigenvalue weighted by Crippen LogP contribution is -2.42. The van der Waals surface area contributed by atoms with Gasteiger partial charge >= 0.3 is 0 Å². The minimum absolute atomic E-state index is 0.442. The summed E-state index contributed by atoms with van der Waals surface area (Å²) in [7, 11) is 1.72. The third-order valence-corrected chi connectivity index (χ3v) is 4.63. The normalized spacial score (nSPS) is 20.8. The molecule has 2 unspecified atom stereocenters. The van der Waals surface area contributed by atoms with Crippen molar-refractivity contribution >= 4 is 0 Å². The number of rotatable bonds is 6. The second-order valence-electron chi connectivity index (χ2n) is 6.45. The predicted molar refractivity (Wildman–Crippen MR) is 88.8 cm³/mol. The summed E-state index contributed by atoms with van der Waals surface area (Å²) in [5.41, 5.74) is 1.37. The number of nitrogens with one attached hydrogen (secondary N) is 1. The lowest BCUT2D eigenvalue weighted by molar-refractivity contribution is 0.126. The summed E-state index contributed by atoms with van der Waals surface area (Å²) < 4.78 is 5.26. The van der Waals surface area contributed by atoms with Gasteiger partial charge in [-0.05, 0) is 70.3 Å². The van der Waals surface area contributed by atoms with Crippen LogP contribution in [0.15, 0.2) is 24.3 Å². The lowest BCUT2D eigenvalue weighted by Gasteiger charge is -2.37. The number of hydrogen-bond acceptors (Lipinski definition) is 3. The summed E-state index contributed by atoms with van der Waals surface area (Å²) >= 11 is 0. The van der Waals surface area contributed by atoms with Crippen molar-refractivity contribution in [2.24, 2.45) is 5.92 Å². The van der Waals surface area contributed by atoms with Gasteiger partial charge in [0.25, 0.3) is 0 Å². The van der Waals surface area contributed by atoms with Crippen molar-refractivity contribution in [1.29, 1.82) is 0 Å². The number of piperidine rings is 1. The molecular weight excluding hydrogens is 260 g/mol. The van der Waals surface area contributed by atoms with Gasteiger partial charge in [-0.15, -0.1) is 0 Å². The Kier molecular flexibility index (Phi) is 6.07. The summed E-state index contributed by atoms with van der Waals surface area (Å²) in [6, 6.07) is 9.51. The third-order valence-electron chi connectivity index (χ3n) is 4.63. The molecule has 2 rings (SSSR count). The number of nitrogens with zero attached hydrogens (tertiary/aromatic N) is 1. The monoisotopic (exact) mass is 290 g/mol. The van der Waals surface area contributed by atoms with Gasteiger partial charge in [-0.25, -0.2) is 0 Å². The fraction of sp³-hybridized carbons (Fsp3) is 0.667. The summed E-state index contributed by atoms with van der Waals surface area (Å²) in [4.78, 5) is 2.62. The van der Waals surface area contributed by atoms with Gasteiger partial charge in [0.1, 0.15) is 5.75 Å². The Labute approximate surface area is 129 Å². The Morgan fingerprint density at radius 3 is 2.48 bits per heavy atom. The van der Waals surface area contributed by atoms with E-state index in [-0.39, 0.29) is 0 Å². The Morgan fingerprint density at radius 1 is 1.24 bits per heavy atom. The van der Waals surface area contributed by atoms with Crippen LogP contribution in [0.3, 0.4) is 0 Å². The van der Waals surface area contributed by atoms with Crippen LogP contribution in [0.5, 0.6) is 5.75 Å². The van der Waals surface area contributed by atoms with E-state index < -0.39 is 0 Å². The largest absolute Gasteiger partial charge is 0.497 e. The van der Waals surface area contributed by atoms with E-state index in [2.05, 4.69) is 55.3 Å². The lowest BCUT2D eigenvalue weighted by atomic mass is 9.96. The molecule has 1 saturated heterocycles. The highest BCUT2D eigenvalue weighted by atomic mass is 16.5. The highest BCUT2D eigenvalue weighted by Gasteiger charge is 2.23. The van der Waals surface area contributed by atoms with Gasteiger partial charge in [0.2, 0.25) is 0 Å². The second-order valence-corrected chi connectivity index (χ2v) is 6.45. The standard InChI is InChI=1S/C18H30N2O/c1-14(2)20(13-16-6-5-11-19-12-16)15(3)17-7-9-18(21-4)10-8-17/h7-10,14-16,19H,5-6,11-13H2,1-4H3. The number of ether oxygens (including phenoxy) is 1. The average Bonchev–Trinajstić information content (AvgIpc) is 2.53. The maximum atomic E-state index is 5.26. The van der Waals surface area contributed by atoms with Crippen LogP contribution in [0.2, 0.25) is 0 Å². The van der Waals surface area contributed by atoms with Gasteiger partial charge < -0.3 is 10.1 Å². The van der Waals surface area contributed by atoms with Crippen LogP contribution in [0.4, 0.5) is 0 Å². The van der Waals surface area contributed by atoms with Gasteiger partial charge in [-0.2, -0.15) is 0 Å². The molecule has 0 amide bonds. The molecule has 3 heteroatoms. The van der Waals surface area contributed by atoms with Gasteiger partial charge in [0.15, 0.2) is 0 Å². The van der Waals surface area contributed by atoms with E-state index in [9.17, 15) is 0 Å². The molecule has 0 aromatic heterocycles. The molecule has 1 fully saturated rings. The topological polar surface area (TPSA) is 24.5 Å². The Balaban J connectivity index is 2.04. The molecule has 0 bridgehead atoms. The van der Waals surface area contributed by atoms with Crippen molar-refractivity contribution < 1.29 is 4.74 Å². The maximum Gasteiger partial charge on any atom is 0.118 e. The molecule has 118 valence electrons. The highest BCUT2D eigenvalue weighted by Crippen LogP contribution is 2.26. The first-order chi connectivity index (χ1) is 10.1. The molecule has 0 aliphatic carbocycles. The van der Waals surface area contributed by atoms with E-state index in [4.69, 9.17) is 4.74 Å². The first kappa shape index (κ1) is 16.3. The van der Waals surface area contributed by atoms with Crippen molar-refractivity contribution in [2.45, 2.75) is 45.7 Å². The zero-order chi connectivity index (χ0) is 15.2. The summed E-state index contributed by atoms with van der Waals surface area (Å²) in [5, 5.41) is 3.53. The van der Waals surface area contributed by atoms with Crippen LogP contribution in [0.25, 0.3) is 0 Å². The predicted octanol–water partition coefficient (Wildman–Crippen LogP) is 3.47. The highest BCUT2D eigenvalue weighted by molar-refractivity contribution is 5.29. The molecule has 1 heterocycles. The quantitative estimate of drug-likeness (QED) is 0.868. The fourth-order valence-electron chi connectivity index (χ4n) is 3.27. The van der Waals surface area contributed by atoms with Gasteiger partial charge in [-0.3, -0.25) is 4.90 Å². The van der Waals surface area contributed by atoms with Crippen LogP contribution in [-0.2, 0) is 0 Å². The van der Waals surface area contributed by atoms with E-state index in [1.165, 1.54) is 38.0 Å². The van der Waals surface area contributed by atoms with Crippen molar-refractivity contribution in [3.05, 3.63) is 29.8 Å². The van der Waals surface area contributed by atoms with Crippen molar-refractivity contribution in [2.75, 3.05) is 26.7 Å². The zero-order valence-corrected chi connectivity index (χ0v) is 13.9.